The summed E-state index contributed by atoms with van der Waals surface area (Å²) < 4.78 is 12.6. The second kappa shape index (κ2) is 12.8. The molecule has 0 radical (unpaired) electrons. The van der Waals surface area contributed by atoms with E-state index in [0.29, 0.717) is 41.0 Å². The van der Waals surface area contributed by atoms with Crippen molar-refractivity contribution in [1.82, 2.24) is 4.98 Å². The molecule has 1 aliphatic heterocycles. The fourth-order valence-electron chi connectivity index (χ4n) is 5.11. The summed E-state index contributed by atoms with van der Waals surface area (Å²) in [6, 6.07) is 17.5. The quantitative estimate of drug-likeness (QED) is 0.0834. The fourth-order valence-corrected chi connectivity index (χ4v) is 6.28. The van der Waals surface area contributed by atoms with Crippen LogP contribution in [0.5, 0.6) is 11.5 Å². The van der Waals surface area contributed by atoms with Crippen molar-refractivity contribution in [2.75, 3.05) is 18.1 Å². The van der Waals surface area contributed by atoms with Gasteiger partial charge in [-0.2, -0.15) is 0 Å². The summed E-state index contributed by atoms with van der Waals surface area (Å²) in [5.41, 5.74) is 3.96. The van der Waals surface area contributed by atoms with Crippen LogP contribution in [0.15, 0.2) is 66.2 Å². The van der Waals surface area contributed by atoms with Crippen LogP contribution in [-0.4, -0.2) is 35.0 Å². The lowest BCUT2D eigenvalue weighted by Crippen LogP contribution is -2.29. The van der Waals surface area contributed by atoms with Gasteiger partial charge in [-0.25, -0.2) is 4.98 Å². The van der Waals surface area contributed by atoms with Crippen molar-refractivity contribution in [3.8, 4) is 11.5 Å². The molecular weight excluding hydrogens is 548 g/mol. The number of thiazole rings is 1. The number of benzene rings is 3. The highest BCUT2D eigenvalue weighted by Gasteiger charge is 2.48. The Morgan fingerprint density at radius 1 is 0.929 bits per heavy atom. The number of amides is 1. The number of unbranched alkanes of at least 4 members (excludes halogenated alkanes) is 2. The Morgan fingerprint density at radius 3 is 2.31 bits per heavy atom. The van der Waals surface area contributed by atoms with E-state index in [1.807, 2.05) is 56.3 Å². The summed E-state index contributed by atoms with van der Waals surface area (Å²) in [4.78, 5) is 33.6. The van der Waals surface area contributed by atoms with Crippen LogP contribution in [0.25, 0.3) is 16.0 Å². The Morgan fingerprint density at radius 2 is 1.62 bits per heavy atom. The number of carbonyl (C=O) groups excluding carboxylic acids is 2. The maximum absolute atomic E-state index is 13.7. The van der Waals surface area contributed by atoms with Gasteiger partial charge in [0.15, 0.2) is 5.13 Å². The van der Waals surface area contributed by atoms with E-state index in [4.69, 9.17) is 14.5 Å². The van der Waals surface area contributed by atoms with Crippen molar-refractivity contribution in [2.24, 2.45) is 0 Å². The minimum atomic E-state index is -0.874. The lowest BCUT2D eigenvalue weighted by Gasteiger charge is -2.23. The zero-order valence-corrected chi connectivity index (χ0v) is 25.3. The maximum atomic E-state index is 13.7. The topological polar surface area (TPSA) is 89.0 Å². The minimum Gasteiger partial charge on any atom is -0.507 e. The highest BCUT2D eigenvalue weighted by molar-refractivity contribution is 7.22. The van der Waals surface area contributed by atoms with Crippen LogP contribution >= 0.6 is 11.3 Å². The maximum Gasteiger partial charge on any atom is 0.301 e. The van der Waals surface area contributed by atoms with Crippen LogP contribution in [0.4, 0.5) is 5.13 Å². The number of hydrogen-bond donors (Lipinski definition) is 1. The molecule has 1 atom stereocenters. The highest BCUT2D eigenvalue weighted by atomic mass is 32.1. The first kappa shape index (κ1) is 29.3. The number of ether oxygens (including phenoxy) is 2. The van der Waals surface area contributed by atoms with E-state index in [0.717, 1.165) is 47.0 Å². The molecule has 4 aromatic rings. The Bertz CT molecular complexity index is 1640. The Hall–Kier alpha value is -4.17. The van der Waals surface area contributed by atoms with Gasteiger partial charge in [0, 0.05) is 5.56 Å². The third kappa shape index (κ3) is 5.90. The molecule has 2 heterocycles. The number of rotatable bonds is 11. The molecule has 42 heavy (non-hydrogen) atoms. The van der Waals surface area contributed by atoms with E-state index < -0.39 is 17.7 Å². The van der Waals surface area contributed by atoms with E-state index in [1.165, 1.54) is 16.2 Å². The first-order valence-corrected chi connectivity index (χ1v) is 15.3. The van der Waals surface area contributed by atoms with Crippen molar-refractivity contribution >= 4 is 44.1 Å². The number of aliphatic hydroxyl groups excluding tert-OH is 1. The van der Waals surface area contributed by atoms with E-state index in [2.05, 4.69) is 13.8 Å². The van der Waals surface area contributed by atoms with E-state index >= 15 is 0 Å². The average molecular weight is 585 g/mol. The number of ketones is 1. The number of aromatic nitrogens is 1. The zero-order valence-electron chi connectivity index (χ0n) is 24.5. The zero-order chi connectivity index (χ0) is 29.8. The normalized spacial score (nSPS) is 16.4. The molecule has 5 rings (SSSR count). The molecule has 1 aromatic heterocycles. The van der Waals surface area contributed by atoms with Crippen molar-refractivity contribution in [2.45, 2.75) is 59.4 Å². The summed E-state index contributed by atoms with van der Waals surface area (Å²) >= 11 is 1.36. The molecule has 1 fully saturated rings. The summed E-state index contributed by atoms with van der Waals surface area (Å²) in [6.45, 7) is 9.35. The molecule has 0 spiro atoms. The lowest BCUT2D eigenvalue weighted by atomic mass is 9.95. The summed E-state index contributed by atoms with van der Waals surface area (Å²) in [5.74, 6) is -0.451. The molecule has 8 heteroatoms. The lowest BCUT2D eigenvalue weighted by molar-refractivity contribution is -0.132. The number of fused-ring (bicyclic) bond motifs is 1. The van der Waals surface area contributed by atoms with E-state index in [9.17, 15) is 14.7 Å². The van der Waals surface area contributed by atoms with Gasteiger partial charge in [-0.15, -0.1) is 0 Å². The van der Waals surface area contributed by atoms with Gasteiger partial charge in [0.25, 0.3) is 5.78 Å². The first-order chi connectivity index (χ1) is 20.3. The molecule has 3 aromatic carbocycles. The van der Waals surface area contributed by atoms with Crippen LogP contribution in [0, 0.1) is 13.8 Å². The first-order valence-electron chi connectivity index (χ1n) is 14.5. The van der Waals surface area contributed by atoms with Gasteiger partial charge >= 0.3 is 5.91 Å². The summed E-state index contributed by atoms with van der Waals surface area (Å²) in [5, 5.41) is 12.0. The molecule has 1 unspecified atom stereocenters. The second-order valence-electron chi connectivity index (χ2n) is 10.6. The largest absolute Gasteiger partial charge is 0.507 e. The van der Waals surface area contributed by atoms with Crippen molar-refractivity contribution in [1.29, 1.82) is 0 Å². The van der Waals surface area contributed by atoms with Gasteiger partial charge in [0.05, 0.1) is 35.0 Å². The SMILES string of the molecule is CCCCOc1ccc(C2C(=C(O)c3cccc(OCCCC)c3)C(=O)C(=O)N2c2nc3c(C)cc(C)cc3s2)cc1. The van der Waals surface area contributed by atoms with Crippen LogP contribution in [0.2, 0.25) is 0 Å². The number of hydrogen-bond acceptors (Lipinski definition) is 7. The van der Waals surface area contributed by atoms with Crippen molar-refractivity contribution in [3.63, 3.8) is 0 Å². The van der Waals surface area contributed by atoms with Crippen molar-refractivity contribution < 1.29 is 24.2 Å². The smallest absolute Gasteiger partial charge is 0.301 e. The third-order valence-corrected chi connectivity index (χ3v) is 8.31. The fraction of sp³-hybridized carbons (Fsp3) is 0.324. The number of aryl methyl sites for hydroxylation is 2. The molecule has 0 saturated carbocycles. The Kier molecular flexibility index (Phi) is 8.92. The Labute approximate surface area is 250 Å². The summed E-state index contributed by atoms with van der Waals surface area (Å²) in [7, 11) is 0. The monoisotopic (exact) mass is 584 g/mol. The standard InChI is InChI=1S/C34H36N2O5S/c1-5-7-16-40-25-14-12-23(13-15-25)30-28(31(37)24-10-9-11-26(20-24)41-17-8-6-2)32(38)33(39)36(30)34-35-29-22(4)18-21(3)19-27(29)42-34/h9-15,18-20,30,37H,5-8,16-17H2,1-4H3. The number of Topliss-reactive ketones (excluding diaryl/α,β-unsaturated/α-hetero) is 1. The Balaban J connectivity index is 1.62. The molecule has 0 aliphatic carbocycles. The number of carbonyl (C=O) groups is 2. The van der Waals surface area contributed by atoms with Gasteiger partial charge < -0.3 is 14.6 Å². The predicted octanol–water partition coefficient (Wildman–Crippen LogP) is 7.90. The highest BCUT2D eigenvalue weighted by Crippen LogP contribution is 2.45. The van der Waals surface area contributed by atoms with Gasteiger partial charge in [-0.05, 0) is 73.7 Å². The van der Waals surface area contributed by atoms with Crippen LogP contribution in [0.1, 0.15) is 67.8 Å². The molecule has 1 amide bonds. The molecule has 218 valence electrons. The molecule has 1 saturated heterocycles. The van der Waals surface area contributed by atoms with Gasteiger partial charge in [-0.1, -0.05) is 68.4 Å². The van der Waals surface area contributed by atoms with Crippen LogP contribution < -0.4 is 14.4 Å². The molecule has 1 N–H and O–H groups in total. The molecule has 1 aliphatic rings. The van der Waals surface area contributed by atoms with Crippen molar-refractivity contribution in [3.05, 3.63) is 88.5 Å². The van der Waals surface area contributed by atoms with E-state index in [-0.39, 0.29) is 11.3 Å². The second-order valence-corrected chi connectivity index (χ2v) is 11.6. The third-order valence-electron chi connectivity index (χ3n) is 7.31. The molecule has 0 bridgehead atoms. The minimum absolute atomic E-state index is 0.0116. The number of nitrogens with zero attached hydrogens (tertiary/aromatic N) is 2. The van der Waals surface area contributed by atoms with Crippen LogP contribution in [-0.2, 0) is 9.59 Å². The van der Waals surface area contributed by atoms with Crippen LogP contribution in [0.3, 0.4) is 0 Å². The van der Waals surface area contributed by atoms with Gasteiger partial charge in [0.1, 0.15) is 17.3 Å². The average Bonchev–Trinajstić information content (AvgIpc) is 3.52. The number of aliphatic hydroxyl groups is 1. The predicted molar refractivity (Wildman–Crippen MR) is 168 cm³/mol. The summed E-state index contributed by atoms with van der Waals surface area (Å²) in [6.07, 6.45) is 3.87. The van der Waals surface area contributed by atoms with Gasteiger partial charge in [-0.3, -0.25) is 14.5 Å². The molecular formula is C34H36N2O5S. The van der Waals surface area contributed by atoms with Gasteiger partial charge in [0.2, 0.25) is 0 Å². The van der Waals surface area contributed by atoms with E-state index in [1.54, 1.807) is 18.2 Å². The molecule has 7 nitrogen and oxygen atoms in total. The number of anilines is 1.